The van der Waals surface area contributed by atoms with Crippen molar-refractivity contribution < 1.29 is 23.3 Å². The highest BCUT2D eigenvalue weighted by Crippen LogP contribution is 2.06. The molecule has 0 aliphatic carbocycles. The highest BCUT2D eigenvalue weighted by molar-refractivity contribution is 7.89. The van der Waals surface area contributed by atoms with Crippen molar-refractivity contribution in [1.82, 2.24) is 9.44 Å². The molecule has 0 aliphatic rings. The molecular formula is C9H19N3O5S. The second-order valence-electron chi connectivity index (χ2n) is 4.29. The number of carbonyl (C=O) groups excluding carboxylic acids is 2. The standard InChI is InChI=1S/C9H19N3O5S/c1-5-16-7(13)6-11-18(10,15)12-8(14)17-9(2,3)4/h5-6H2,1-4H3,(H3,10,11,12,14,15). The summed E-state index contributed by atoms with van der Waals surface area (Å²) >= 11 is 0. The molecule has 0 aromatic rings. The summed E-state index contributed by atoms with van der Waals surface area (Å²) in [5.74, 6) is -0.663. The first-order valence-corrected chi connectivity index (χ1v) is 6.81. The van der Waals surface area contributed by atoms with E-state index in [1.807, 2.05) is 4.72 Å². The summed E-state index contributed by atoms with van der Waals surface area (Å²) in [5.41, 5.74) is -0.763. The maximum atomic E-state index is 11.5. The fourth-order valence-corrected chi connectivity index (χ4v) is 1.49. The molecule has 1 unspecified atom stereocenters. The van der Waals surface area contributed by atoms with Crippen LogP contribution in [0.3, 0.4) is 0 Å². The first-order valence-electron chi connectivity index (χ1n) is 5.25. The zero-order valence-electron chi connectivity index (χ0n) is 10.9. The first-order chi connectivity index (χ1) is 8.06. The maximum absolute atomic E-state index is 11.5. The van der Waals surface area contributed by atoms with Gasteiger partial charge < -0.3 is 9.47 Å². The Balaban J connectivity index is 4.24. The summed E-state index contributed by atoms with van der Waals surface area (Å²) in [7, 11) is -3.64. The Kier molecular flexibility index (Phi) is 6.06. The van der Waals surface area contributed by atoms with Crippen LogP contribution in [0.2, 0.25) is 0 Å². The lowest BCUT2D eigenvalue weighted by atomic mass is 10.2. The lowest BCUT2D eigenvalue weighted by molar-refractivity contribution is -0.141. The molecule has 0 aliphatic heterocycles. The quantitative estimate of drug-likeness (QED) is 0.636. The van der Waals surface area contributed by atoms with E-state index in [0.717, 1.165) is 0 Å². The Labute approximate surface area is 107 Å². The molecule has 0 rings (SSSR count). The van der Waals surface area contributed by atoms with Crippen LogP contribution < -0.4 is 9.44 Å². The third-order valence-electron chi connectivity index (χ3n) is 1.35. The van der Waals surface area contributed by atoms with E-state index in [1.54, 1.807) is 27.7 Å². The predicted octanol–water partition coefficient (Wildman–Crippen LogP) is 0.541. The molecule has 0 saturated heterocycles. The minimum absolute atomic E-state index is 0.180. The second kappa shape index (κ2) is 6.55. The molecule has 0 aromatic carbocycles. The Bertz CT molecular complexity index is 399. The molecule has 0 radical (unpaired) electrons. The van der Waals surface area contributed by atoms with E-state index in [2.05, 4.69) is 9.46 Å². The molecule has 0 fully saturated rings. The second-order valence-corrected chi connectivity index (χ2v) is 5.89. The van der Waals surface area contributed by atoms with Gasteiger partial charge in [-0.25, -0.2) is 23.2 Å². The molecule has 1 atom stereocenters. The summed E-state index contributed by atoms with van der Waals surface area (Å²) in [6, 6.07) is 0. The molecule has 0 spiro atoms. The van der Waals surface area contributed by atoms with E-state index in [9.17, 15) is 13.8 Å². The van der Waals surface area contributed by atoms with Gasteiger partial charge in [0.2, 0.25) is 0 Å². The highest BCUT2D eigenvalue weighted by Gasteiger charge is 2.19. The Morgan fingerprint density at radius 2 is 1.89 bits per heavy atom. The van der Waals surface area contributed by atoms with E-state index >= 15 is 0 Å². The molecule has 8 nitrogen and oxygen atoms in total. The fraction of sp³-hybridized carbons (Fsp3) is 0.778. The molecule has 18 heavy (non-hydrogen) atoms. The summed E-state index contributed by atoms with van der Waals surface area (Å²) in [6.07, 6.45) is -1.00. The van der Waals surface area contributed by atoms with Crippen molar-refractivity contribution in [2.45, 2.75) is 33.3 Å². The molecule has 0 saturated carbocycles. The van der Waals surface area contributed by atoms with Crippen LogP contribution in [0.1, 0.15) is 27.7 Å². The van der Waals surface area contributed by atoms with Crippen molar-refractivity contribution in [2.75, 3.05) is 13.2 Å². The first kappa shape index (κ1) is 16.6. The summed E-state index contributed by atoms with van der Waals surface area (Å²) in [4.78, 5) is 22.2. The topological polar surface area (TPSA) is 118 Å². The van der Waals surface area contributed by atoms with Crippen molar-refractivity contribution in [3.8, 4) is 0 Å². The molecule has 0 bridgehead atoms. The van der Waals surface area contributed by atoms with Crippen LogP contribution in [0.5, 0.6) is 0 Å². The average molecular weight is 281 g/mol. The van der Waals surface area contributed by atoms with E-state index in [0.29, 0.717) is 0 Å². The molecule has 1 amide bonds. The van der Waals surface area contributed by atoms with E-state index in [4.69, 9.17) is 9.52 Å². The van der Waals surface area contributed by atoms with Crippen LogP contribution in [0.15, 0.2) is 0 Å². The minimum Gasteiger partial charge on any atom is -0.465 e. The minimum atomic E-state index is -3.64. The van der Waals surface area contributed by atoms with Gasteiger partial charge in [-0.3, -0.25) is 4.79 Å². The molecule has 9 heteroatoms. The molecule has 0 heterocycles. The van der Waals surface area contributed by atoms with Gasteiger partial charge in [-0.15, -0.1) is 0 Å². The molecule has 0 aromatic heterocycles. The van der Waals surface area contributed by atoms with Crippen LogP contribution in [-0.4, -0.2) is 35.0 Å². The lowest BCUT2D eigenvalue weighted by Crippen LogP contribution is -2.43. The number of nitrogens with one attached hydrogen (secondary N) is 3. The van der Waals surface area contributed by atoms with Crippen LogP contribution in [-0.2, 0) is 24.4 Å². The van der Waals surface area contributed by atoms with E-state index < -0.39 is 34.3 Å². The van der Waals surface area contributed by atoms with Gasteiger partial charge in [0.1, 0.15) is 12.1 Å². The van der Waals surface area contributed by atoms with Crippen LogP contribution in [0.25, 0.3) is 0 Å². The van der Waals surface area contributed by atoms with Crippen molar-refractivity contribution in [2.24, 2.45) is 0 Å². The van der Waals surface area contributed by atoms with Crippen LogP contribution in [0, 0.1) is 4.78 Å². The van der Waals surface area contributed by atoms with Gasteiger partial charge >= 0.3 is 12.1 Å². The third-order valence-corrected chi connectivity index (χ3v) is 2.36. The predicted molar refractivity (Wildman–Crippen MR) is 64.9 cm³/mol. The van der Waals surface area contributed by atoms with Gasteiger partial charge in [0.15, 0.2) is 10.1 Å². The van der Waals surface area contributed by atoms with Crippen LogP contribution in [0.4, 0.5) is 4.79 Å². The van der Waals surface area contributed by atoms with Gasteiger partial charge in [0.25, 0.3) is 0 Å². The number of amides is 1. The smallest absolute Gasteiger partial charge is 0.421 e. The van der Waals surface area contributed by atoms with Crippen molar-refractivity contribution in [3.63, 3.8) is 0 Å². The van der Waals surface area contributed by atoms with Crippen LogP contribution >= 0.6 is 0 Å². The Hall–Kier alpha value is -1.35. The van der Waals surface area contributed by atoms with Crippen molar-refractivity contribution in [1.29, 1.82) is 4.78 Å². The highest BCUT2D eigenvalue weighted by atomic mass is 32.2. The number of esters is 1. The largest absolute Gasteiger partial charge is 0.465 e. The number of carbonyl (C=O) groups is 2. The molecule has 3 N–H and O–H groups in total. The van der Waals surface area contributed by atoms with Gasteiger partial charge in [0, 0.05) is 0 Å². The van der Waals surface area contributed by atoms with Gasteiger partial charge in [0.05, 0.1) is 6.61 Å². The molecule has 106 valence electrons. The van der Waals surface area contributed by atoms with Crippen molar-refractivity contribution in [3.05, 3.63) is 0 Å². The monoisotopic (exact) mass is 281 g/mol. The number of hydrogen-bond acceptors (Lipinski definition) is 6. The Morgan fingerprint density at radius 3 is 2.33 bits per heavy atom. The Morgan fingerprint density at radius 1 is 1.33 bits per heavy atom. The van der Waals surface area contributed by atoms with Gasteiger partial charge in [-0.05, 0) is 27.7 Å². The SMILES string of the molecule is CCOC(=O)CNS(=N)(=O)NC(=O)OC(C)(C)C. The summed E-state index contributed by atoms with van der Waals surface area (Å²) < 4.78 is 32.1. The zero-order valence-corrected chi connectivity index (χ0v) is 11.7. The normalized spacial score (nSPS) is 14.4. The number of ether oxygens (including phenoxy) is 2. The van der Waals surface area contributed by atoms with Gasteiger partial charge in [-0.1, -0.05) is 0 Å². The summed E-state index contributed by atoms with van der Waals surface area (Å²) in [5, 5.41) is 0. The van der Waals surface area contributed by atoms with E-state index in [1.165, 1.54) is 0 Å². The summed E-state index contributed by atoms with van der Waals surface area (Å²) in [6.45, 7) is 6.25. The number of rotatable bonds is 5. The van der Waals surface area contributed by atoms with Gasteiger partial charge in [-0.2, -0.15) is 0 Å². The average Bonchev–Trinajstić information content (AvgIpc) is 2.11. The zero-order chi connectivity index (χ0) is 14.4. The fourth-order valence-electron chi connectivity index (χ4n) is 0.825. The van der Waals surface area contributed by atoms with E-state index in [-0.39, 0.29) is 6.61 Å². The lowest BCUT2D eigenvalue weighted by Gasteiger charge is -2.20. The maximum Gasteiger partial charge on any atom is 0.421 e. The third kappa shape index (κ3) is 8.76. The molecular weight excluding hydrogens is 262 g/mol. The number of hydrogen-bond donors (Lipinski definition) is 3. The van der Waals surface area contributed by atoms with Crippen molar-refractivity contribution >= 4 is 22.2 Å².